The van der Waals surface area contributed by atoms with Gasteiger partial charge in [0.25, 0.3) is 0 Å². The van der Waals surface area contributed by atoms with Crippen molar-refractivity contribution >= 4 is 23.4 Å². The second-order valence-corrected chi connectivity index (χ2v) is 5.05. The fourth-order valence-corrected chi connectivity index (χ4v) is 2.33. The number of rotatable bonds is 6. The molecule has 3 nitrogen and oxygen atoms in total. The SMILES string of the molecule is CC(N)CCCc1ccc(/C=C/C(=O)O)s1. The number of nitrogens with two attached hydrogens (primary N) is 1. The Morgan fingerprint density at radius 2 is 2.38 bits per heavy atom. The molecular formula is C12H17NO2S. The Labute approximate surface area is 99.6 Å². The van der Waals surface area contributed by atoms with Gasteiger partial charge in [-0.2, -0.15) is 0 Å². The predicted octanol–water partition coefficient (Wildman–Crippen LogP) is 2.52. The minimum atomic E-state index is -0.910. The van der Waals surface area contributed by atoms with Crippen LogP contribution in [0.2, 0.25) is 0 Å². The molecule has 0 aliphatic heterocycles. The molecule has 4 heteroatoms. The third-order valence-corrected chi connectivity index (χ3v) is 3.27. The Morgan fingerprint density at radius 3 is 3.00 bits per heavy atom. The molecule has 1 rings (SSSR count). The highest BCUT2D eigenvalue weighted by atomic mass is 32.1. The summed E-state index contributed by atoms with van der Waals surface area (Å²) in [6.45, 7) is 2.01. The number of carboxylic acid groups (broad SMARTS) is 1. The fraction of sp³-hybridized carbons (Fsp3) is 0.417. The van der Waals surface area contributed by atoms with E-state index in [0.717, 1.165) is 30.2 Å². The summed E-state index contributed by atoms with van der Waals surface area (Å²) in [6.07, 6.45) is 5.92. The van der Waals surface area contributed by atoms with Gasteiger partial charge in [-0.25, -0.2) is 4.79 Å². The number of carboxylic acids is 1. The maximum Gasteiger partial charge on any atom is 0.328 e. The van der Waals surface area contributed by atoms with E-state index in [1.807, 2.05) is 19.1 Å². The highest BCUT2D eigenvalue weighted by Gasteiger charge is 2.00. The molecular weight excluding hydrogens is 222 g/mol. The zero-order valence-corrected chi connectivity index (χ0v) is 10.2. The van der Waals surface area contributed by atoms with Crippen LogP contribution in [0.3, 0.4) is 0 Å². The average Bonchev–Trinajstić information content (AvgIpc) is 2.62. The highest BCUT2D eigenvalue weighted by Crippen LogP contribution is 2.20. The van der Waals surface area contributed by atoms with Crippen molar-refractivity contribution in [2.75, 3.05) is 0 Å². The maximum absolute atomic E-state index is 10.3. The summed E-state index contributed by atoms with van der Waals surface area (Å²) in [5, 5.41) is 8.49. The van der Waals surface area contributed by atoms with Crippen LogP contribution in [0, 0.1) is 0 Å². The Kier molecular flexibility index (Phi) is 5.22. The second-order valence-electron chi connectivity index (χ2n) is 3.85. The van der Waals surface area contributed by atoms with Crippen LogP contribution in [0.15, 0.2) is 18.2 Å². The molecule has 0 aliphatic rings. The minimum Gasteiger partial charge on any atom is -0.478 e. The van der Waals surface area contributed by atoms with E-state index < -0.39 is 5.97 Å². The maximum atomic E-state index is 10.3. The summed E-state index contributed by atoms with van der Waals surface area (Å²) < 4.78 is 0. The van der Waals surface area contributed by atoms with E-state index in [1.54, 1.807) is 17.4 Å². The standard InChI is InChI=1S/C12H17NO2S/c1-9(13)3-2-4-10-5-6-11(16-10)7-8-12(14)15/h5-9H,2-4,13H2,1H3,(H,14,15)/b8-7+. The van der Waals surface area contributed by atoms with Crippen LogP contribution < -0.4 is 5.73 Å². The quantitative estimate of drug-likeness (QED) is 0.750. The van der Waals surface area contributed by atoms with Gasteiger partial charge in [-0.15, -0.1) is 11.3 Å². The molecule has 1 aromatic rings. The molecule has 0 spiro atoms. The molecule has 0 amide bonds. The normalized spacial score (nSPS) is 13.1. The molecule has 1 aromatic heterocycles. The van der Waals surface area contributed by atoms with Gasteiger partial charge >= 0.3 is 5.97 Å². The van der Waals surface area contributed by atoms with Gasteiger partial charge in [0.15, 0.2) is 0 Å². The number of hydrogen-bond donors (Lipinski definition) is 2. The monoisotopic (exact) mass is 239 g/mol. The van der Waals surface area contributed by atoms with Gasteiger partial charge in [0.1, 0.15) is 0 Å². The molecule has 3 N–H and O–H groups in total. The van der Waals surface area contributed by atoms with Gasteiger partial charge in [0.2, 0.25) is 0 Å². The molecule has 0 fully saturated rings. The lowest BCUT2D eigenvalue weighted by molar-refractivity contribution is -0.131. The van der Waals surface area contributed by atoms with E-state index in [9.17, 15) is 4.79 Å². The van der Waals surface area contributed by atoms with Crippen LogP contribution in [0.25, 0.3) is 6.08 Å². The van der Waals surface area contributed by atoms with Gasteiger partial charge in [0, 0.05) is 21.9 Å². The van der Waals surface area contributed by atoms with E-state index in [-0.39, 0.29) is 6.04 Å². The zero-order valence-electron chi connectivity index (χ0n) is 9.35. The number of carbonyl (C=O) groups is 1. The summed E-state index contributed by atoms with van der Waals surface area (Å²) in [6, 6.07) is 4.25. The van der Waals surface area contributed by atoms with Crippen LogP contribution in [0.4, 0.5) is 0 Å². The Morgan fingerprint density at radius 1 is 1.62 bits per heavy atom. The first-order valence-corrected chi connectivity index (χ1v) is 6.15. The summed E-state index contributed by atoms with van der Waals surface area (Å²) in [5.74, 6) is -0.910. The van der Waals surface area contributed by atoms with Crippen molar-refractivity contribution in [1.82, 2.24) is 0 Å². The molecule has 1 atom stereocenters. The van der Waals surface area contributed by atoms with Crippen LogP contribution in [0.1, 0.15) is 29.5 Å². The van der Waals surface area contributed by atoms with Gasteiger partial charge in [-0.05, 0) is 44.4 Å². The van der Waals surface area contributed by atoms with Gasteiger partial charge in [0.05, 0.1) is 0 Å². The molecule has 0 aliphatic carbocycles. The molecule has 0 aromatic carbocycles. The van der Waals surface area contributed by atoms with Crippen LogP contribution in [-0.4, -0.2) is 17.1 Å². The van der Waals surface area contributed by atoms with E-state index in [0.29, 0.717) is 0 Å². The summed E-state index contributed by atoms with van der Waals surface area (Å²) in [7, 11) is 0. The topological polar surface area (TPSA) is 63.3 Å². The van der Waals surface area contributed by atoms with Crippen LogP contribution in [-0.2, 0) is 11.2 Å². The molecule has 0 saturated heterocycles. The largest absolute Gasteiger partial charge is 0.478 e. The van der Waals surface area contributed by atoms with E-state index in [4.69, 9.17) is 10.8 Å². The van der Waals surface area contributed by atoms with Crippen molar-refractivity contribution in [1.29, 1.82) is 0 Å². The van der Waals surface area contributed by atoms with Gasteiger partial charge in [-0.3, -0.25) is 0 Å². The van der Waals surface area contributed by atoms with E-state index >= 15 is 0 Å². The molecule has 0 saturated carbocycles. The second kappa shape index (κ2) is 6.45. The first kappa shape index (κ1) is 12.9. The van der Waals surface area contributed by atoms with Gasteiger partial charge < -0.3 is 10.8 Å². The van der Waals surface area contributed by atoms with Crippen LogP contribution in [0.5, 0.6) is 0 Å². The smallest absolute Gasteiger partial charge is 0.328 e. The third-order valence-electron chi connectivity index (χ3n) is 2.16. The van der Waals surface area contributed by atoms with Crippen LogP contribution >= 0.6 is 11.3 Å². The minimum absolute atomic E-state index is 0.256. The fourth-order valence-electron chi connectivity index (χ4n) is 1.37. The first-order valence-electron chi connectivity index (χ1n) is 5.33. The van der Waals surface area contributed by atoms with Crippen molar-refractivity contribution in [2.45, 2.75) is 32.2 Å². The summed E-state index contributed by atoms with van der Waals surface area (Å²) in [5.41, 5.74) is 5.67. The Hall–Kier alpha value is -1.13. The van der Waals surface area contributed by atoms with E-state index in [2.05, 4.69) is 0 Å². The lowest BCUT2D eigenvalue weighted by Gasteiger charge is -2.02. The molecule has 0 bridgehead atoms. The average molecular weight is 239 g/mol. The summed E-state index contributed by atoms with van der Waals surface area (Å²) in [4.78, 5) is 12.6. The van der Waals surface area contributed by atoms with E-state index in [1.165, 1.54) is 4.88 Å². The molecule has 1 heterocycles. The van der Waals surface area contributed by atoms with Gasteiger partial charge in [-0.1, -0.05) is 0 Å². The lowest BCUT2D eigenvalue weighted by Crippen LogP contribution is -2.14. The summed E-state index contributed by atoms with van der Waals surface area (Å²) >= 11 is 1.64. The number of hydrogen-bond acceptors (Lipinski definition) is 3. The molecule has 88 valence electrons. The van der Waals surface area contributed by atoms with Crippen molar-refractivity contribution in [3.05, 3.63) is 28.0 Å². The van der Waals surface area contributed by atoms with Crippen molar-refractivity contribution in [2.24, 2.45) is 5.73 Å². The Balaban J connectivity index is 2.42. The van der Waals surface area contributed by atoms with Crippen molar-refractivity contribution in [3.8, 4) is 0 Å². The molecule has 16 heavy (non-hydrogen) atoms. The van der Waals surface area contributed by atoms with Crippen molar-refractivity contribution < 1.29 is 9.90 Å². The molecule has 0 radical (unpaired) electrons. The van der Waals surface area contributed by atoms with Crippen molar-refractivity contribution in [3.63, 3.8) is 0 Å². The third kappa shape index (κ3) is 5.09. The number of thiophene rings is 1. The zero-order chi connectivity index (χ0) is 12.0. The Bertz CT molecular complexity index is 369. The first-order chi connectivity index (χ1) is 7.58. The lowest BCUT2D eigenvalue weighted by atomic mass is 10.1. The highest BCUT2D eigenvalue weighted by molar-refractivity contribution is 7.12. The molecule has 1 unspecified atom stereocenters. The predicted molar refractivity (Wildman–Crippen MR) is 67.6 cm³/mol. The number of aryl methyl sites for hydroxylation is 1. The number of aliphatic carboxylic acids is 1.